The van der Waals surface area contributed by atoms with Crippen LogP contribution in [0.5, 0.6) is 0 Å². The number of ether oxygens (including phenoxy) is 1. The molecule has 2 amide bonds. The fourth-order valence-corrected chi connectivity index (χ4v) is 3.31. The second kappa shape index (κ2) is 5.81. The van der Waals surface area contributed by atoms with Gasteiger partial charge >= 0.3 is 6.09 Å². The highest BCUT2D eigenvalue weighted by atomic mass is 79.9. The van der Waals surface area contributed by atoms with Crippen LogP contribution in [-0.2, 0) is 22.5 Å². The lowest BCUT2D eigenvalue weighted by atomic mass is 10.1. The Balaban J connectivity index is 1.57. The number of likely N-dealkylation sites (tertiary alicyclic amines) is 1. The predicted octanol–water partition coefficient (Wildman–Crippen LogP) is 1.65. The van der Waals surface area contributed by atoms with Gasteiger partial charge in [-0.1, -0.05) is 0 Å². The molecule has 0 atom stereocenters. The third-order valence-electron chi connectivity index (χ3n) is 4.00. The number of halogens is 1. The molecule has 2 aliphatic rings. The van der Waals surface area contributed by atoms with Crippen molar-refractivity contribution in [3.63, 3.8) is 0 Å². The van der Waals surface area contributed by atoms with Crippen molar-refractivity contribution >= 4 is 27.9 Å². The molecule has 3 rings (SSSR count). The summed E-state index contributed by atoms with van der Waals surface area (Å²) >= 11 is 3.34. The third-order valence-corrected chi connectivity index (χ3v) is 4.39. The molecular formula is C15H21BrN4O3. The lowest BCUT2D eigenvalue weighted by Crippen LogP contribution is -2.63. The smallest absolute Gasteiger partial charge is 0.410 e. The number of carbonyl (C=O) groups excluding carboxylic acids is 2. The van der Waals surface area contributed by atoms with Gasteiger partial charge in [0.1, 0.15) is 16.7 Å². The normalized spacial score (nSPS) is 19.2. The highest BCUT2D eigenvalue weighted by Crippen LogP contribution is 2.22. The second-order valence-electron chi connectivity index (χ2n) is 6.99. The number of nitrogens with zero attached hydrogens (tertiary/aromatic N) is 4. The van der Waals surface area contributed by atoms with Gasteiger partial charge in [-0.3, -0.25) is 9.48 Å². The number of hydrogen-bond donors (Lipinski definition) is 0. The Labute approximate surface area is 143 Å². The van der Waals surface area contributed by atoms with Crippen LogP contribution in [0.25, 0.3) is 0 Å². The number of rotatable bonds is 1. The molecule has 0 saturated carbocycles. The lowest BCUT2D eigenvalue weighted by Gasteiger charge is -2.45. The van der Waals surface area contributed by atoms with Crippen molar-refractivity contribution in [2.45, 2.75) is 45.4 Å². The molecule has 1 aromatic heterocycles. The van der Waals surface area contributed by atoms with Crippen LogP contribution in [0.3, 0.4) is 0 Å². The van der Waals surface area contributed by atoms with Gasteiger partial charge in [0.05, 0.1) is 6.04 Å². The van der Waals surface area contributed by atoms with Gasteiger partial charge in [-0.25, -0.2) is 4.79 Å². The van der Waals surface area contributed by atoms with Crippen molar-refractivity contribution in [2.75, 3.05) is 19.6 Å². The van der Waals surface area contributed by atoms with Crippen molar-refractivity contribution in [3.8, 4) is 0 Å². The van der Waals surface area contributed by atoms with Crippen LogP contribution >= 0.6 is 15.9 Å². The minimum atomic E-state index is -0.497. The number of hydrogen-bond acceptors (Lipinski definition) is 4. The first-order valence-electron chi connectivity index (χ1n) is 7.72. The molecule has 23 heavy (non-hydrogen) atoms. The molecule has 8 heteroatoms. The SMILES string of the molecule is CC(C)(C)OC(=O)N1CC(N2CCc3cc(Br)nn3CC2=O)C1. The Morgan fingerprint density at radius 2 is 2.09 bits per heavy atom. The molecule has 7 nitrogen and oxygen atoms in total. The first-order valence-corrected chi connectivity index (χ1v) is 8.52. The third kappa shape index (κ3) is 3.52. The van der Waals surface area contributed by atoms with E-state index < -0.39 is 5.60 Å². The summed E-state index contributed by atoms with van der Waals surface area (Å²) in [6, 6.07) is 2.02. The molecule has 1 aromatic rings. The van der Waals surface area contributed by atoms with E-state index in [1.165, 1.54) is 0 Å². The zero-order valence-electron chi connectivity index (χ0n) is 13.6. The van der Waals surface area contributed by atoms with Crippen LogP contribution in [0.15, 0.2) is 10.7 Å². The molecule has 0 spiro atoms. The number of carbonyl (C=O) groups is 2. The number of aromatic nitrogens is 2. The maximum absolute atomic E-state index is 12.4. The topological polar surface area (TPSA) is 67.7 Å². The van der Waals surface area contributed by atoms with Gasteiger partial charge in [0.2, 0.25) is 5.91 Å². The largest absolute Gasteiger partial charge is 0.444 e. The summed E-state index contributed by atoms with van der Waals surface area (Å²) in [6.45, 7) is 7.52. The van der Waals surface area contributed by atoms with E-state index in [0.717, 1.165) is 16.7 Å². The van der Waals surface area contributed by atoms with Crippen LogP contribution in [0.2, 0.25) is 0 Å². The van der Waals surface area contributed by atoms with E-state index in [2.05, 4.69) is 21.0 Å². The molecular weight excluding hydrogens is 364 g/mol. The van der Waals surface area contributed by atoms with E-state index >= 15 is 0 Å². The molecule has 0 aromatic carbocycles. The van der Waals surface area contributed by atoms with E-state index in [-0.39, 0.29) is 24.6 Å². The van der Waals surface area contributed by atoms with Crippen molar-refractivity contribution in [1.29, 1.82) is 0 Å². The minimum Gasteiger partial charge on any atom is -0.444 e. The molecule has 1 fully saturated rings. The van der Waals surface area contributed by atoms with Gasteiger partial charge in [-0.05, 0) is 42.8 Å². The molecule has 2 aliphatic heterocycles. The Morgan fingerprint density at radius 3 is 2.74 bits per heavy atom. The van der Waals surface area contributed by atoms with Crippen LogP contribution < -0.4 is 0 Å². The maximum atomic E-state index is 12.4. The van der Waals surface area contributed by atoms with Gasteiger partial charge in [0.15, 0.2) is 0 Å². The maximum Gasteiger partial charge on any atom is 0.410 e. The van der Waals surface area contributed by atoms with Gasteiger partial charge in [0.25, 0.3) is 0 Å². The average Bonchev–Trinajstić information content (AvgIpc) is 2.62. The summed E-state index contributed by atoms with van der Waals surface area (Å²) in [7, 11) is 0. The summed E-state index contributed by atoms with van der Waals surface area (Å²) in [5.74, 6) is 0.0492. The first kappa shape index (κ1) is 16.3. The summed E-state index contributed by atoms with van der Waals surface area (Å²) in [6.07, 6.45) is 0.459. The highest BCUT2D eigenvalue weighted by molar-refractivity contribution is 9.10. The van der Waals surface area contributed by atoms with Crippen molar-refractivity contribution in [1.82, 2.24) is 19.6 Å². The van der Waals surface area contributed by atoms with Crippen molar-refractivity contribution in [2.24, 2.45) is 0 Å². The van der Waals surface area contributed by atoms with Crippen LogP contribution in [0.4, 0.5) is 4.79 Å². The Hall–Kier alpha value is -1.57. The minimum absolute atomic E-state index is 0.0492. The average molecular weight is 385 g/mol. The van der Waals surface area contributed by atoms with Crippen LogP contribution in [0.1, 0.15) is 26.5 Å². The molecule has 1 saturated heterocycles. The van der Waals surface area contributed by atoms with Crippen molar-refractivity contribution in [3.05, 3.63) is 16.4 Å². The monoisotopic (exact) mass is 384 g/mol. The molecule has 0 unspecified atom stereocenters. The Kier molecular flexibility index (Phi) is 4.12. The van der Waals surface area contributed by atoms with Gasteiger partial charge in [-0.2, -0.15) is 5.10 Å². The predicted molar refractivity (Wildman–Crippen MR) is 86.9 cm³/mol. The summed E-state index contributed by atoms with van der Waals surface area (Å²) in [4.78, 5) is 27.9. The zero-order chi connectivity index (χ0) is 16.8. The molecule has 126 valence electrons. The second-order valence-corrected chi connectivity index (χ2v) is 7.80. The molecule has 0 radical (unpaired) electrons. The highest BCUT2D eigenvalue weighted by Gasteiger charge is 2.39. The summed E-state index contributed by atoms with van der Waals surface area (Å²) in [5, 5.41) is 4.28. The molecule has 0 aliphatic carbocycles. The Morgan fingerprint density at radius 1 is 1.39 bits per heavy atom. The van der Waals surface area contributed by atoms with E-state index in [9.17, 15) is 9.59 Å². The van der Waals surface area contributed by atoms with Gasteiger partial charge in [-0.15, -0.1) is 0 Å². The van der Waals surface area contributed by atoms with E-state index in [1.54, 1.807) is 9.58 Å². The molecule has 0 N–H and O–H groups in total. The quantitative estimate of drug-likeness (QED) is 0.738. The number of fused-ring (bicyclic) bond motifs is 1. The van der Waals surface area contributed by atoms with Crippen LogP contribution in [0, 0.1) is 0 Å². The van der Waals surface area contributed by atoms with E-state index in [1.807, 2.05) is 31.7 Å². The van der Waals surface area contributed by atoms with Crippen LogP contribution in [-0.4, -0.2) is 62.9 Å². The molecule has 3 heterocycles. The zero-order valence-corrected chi connectivity index (χ0v) is 15.2. The van der Waals surface area contributed by atoms with E-state index in [0.29, 0.717) is 19.6 Å². The van der Waals surface area contributed by atoms with Crippen molar-refractivity contribution < 1.29 is 14.3 Å². The first-order chi connectivity index (χ1) is 10.7. The van der Waals surface area contributed by atoms with Gasteiger partial charge < -0.3 is 14.5 Å². The summed E-state index contributed by atoms with van der Waals surface area (Å²) in [5.41, 5.74) is 0.555. The van der Waals surface area contributed by atoms with E-state index in [4.69, 9.17) is 4.74 Å². The number of amides is 2. The Bertz CT molecular complexity index is 631. The lowest BCUT2D eigenvalue weighted by molar-refractivity contribution is -0.137. The fourth-order valence-electron chi connectivity index (χ4n) is 2.85. The van der Waals surface area contributed by atoms with Gasteiger partial charge in [0, 0.05) is 31.7 Å². The summed E-state index contributed by atoms with van der Waals surface area (Å²) < 4.78 is 7.85. The standard InChI is InChI=1S/C15H21BrN4O3/c1-15(2,3)23-14(22)18-7-11(8-18)19-5-4-10-6-12(16)17-20(10)9-13(19)21/h6,11H,4-5,7-9H2,1-3H3. The fraction of sp³-hybridized carbons (Fsp3) is 0.667. The molecule has 0 bridgehead atoms.